The first-order chi connectivity index (χ1) is 8.24. The normalized spacial score (nSPS) is 13.2. The number of hydrogen-bond acceptors (Lipinski definition) is 3. The van der Waals surface area contributed by atoms with Crippen molar-refractivity contribution in [1.29, 1.82) is 0 Å². The van der Waals surface area contributed by atoms with Crippen LogP contribution < -0.4 is 5.32 Å². The van der Waals surface area contributed by atoms with Gasteiger partial charge in [0.05, 0.1) is 6.10 Å². The molecule has 1 unspecified atom stereocenters. The third kappa shape index (κ3) is 6.20. The molecule has 3 heteroatoms. The second kappa shape index (κ2) is 8.67. The lowest BCUT2D eigenvalue weighted by Gasteiger charge is -2.15. The standard InChI is InChI=1S/C14H25NOS/c1-4-13(14-8-7-11-17-14)15-9-5-6-10-16-12(2)3/h7-8,11-13,15H,4-6,9-10H2,1-3H3. The summed E-state index contributed by atoms with van der Waals surface area (Å²) in [6.07, 6.45) is 3.85. The Morgan fingerprint density at radius 2 is 2.18 bits per heavy atom. The van der Waals surface area contributed by atoms with E-state index in [1.807, 2.05) is 11.3 Å². The summed E-state index contributed by atoms with van der Waals surface area (Å²) in [6.45, 7) is 8.37. The summed E-state index contributed by atoms with van der Waals surface area (Å²) in [6, 6.07) is 4.87. The van der Waals surface area contributed by atoms with Crippen molar-refractivity contribution in [2.24, 2.45) is 0 Å². The highest BCUT2D eigenvalue weighted by Gasteiger charge is 2.08. The maximum Gasteiger partial charge on any atom is 0.0518 e. The van der Waals surface area contributed by atoms with Crippen LogP contribution in [0.2, 0.25) is 0 Å². The van der Waals surface area contributed by atoms with E-state index in [1.54, 1.807) is 0 Å². The van der Waals surface area contributed by atoms with Gasteiger partial charge >= 0.3 is 0 Å². The van der Waals surface area contributed by atoms with E-state index in [0.29, 0.717) is 12.1 Å². The SMILES string of the molecule is CCC(NCCCCOC(C)C)c1cccs1. The molecule has 0 amide bonds. The molecule has 1 rings (SSSR count). The highest BCUT2D eigenvalue weighted by atomic mass is 32.1. The first-order valence-electron chi connectivity index (χ1n) is 6.62. The molecule has 1 N–H and O–H groups in total. The number of nitrogens with one attached hydrogen (secondary N) is 1. The predicted molar refractivity (Wildman–Crippen MR) is 75.7 cm³/mol. The molecule has 0 radical (unpaired) electrons. The van der Waals surface area contributed by atoms with Gasteiger partial charge in [-0.2, -0.15) is 0 Å². The van der Waals surface area contributed by atoms with Crippen LogP contribution in [0.5, 0.6) is 0 Å². The van der Waals surface area contributed by atoms with Gasteiger partial charge in [-0.15, -0.1) is 11.3 Å². The molecule has 0 bridgehead atoms. The van der Waals surface area contributed by atoms with Crippen molar-refractivity contribution in [3.05, 3.63) is 22.4 Å². The molecule has 1 aromatic heterocycles. The van der Waals surface area contributed by atoms with E-state index < -0.39 is 0 Å². The van der Waals surface area contributed by atoms with Crippen LogP contribution in [0.25, 0.3) is 0 Å². The number of rotatable bonds is 9. The zero-order valence-corrected chi connectivity index (χ0v) is 12.1. The minimum absolute atomic E-state index is 0.359. The van der Waals surface area contributed by atoms with Crippen molar-refractivity contribution in [3.8, 4) is 0 Å². The van der Waals surface area contributed by atoms with Crippen molar-refractivity contribution < 1.29 is 4.74 Å². The maximum atomic E-state index is 5.52. The Morgan fingerprint density at radius 3 is 2.76 bits per heavy atom. The Labute approximate surface area is 109 Å². The van der Waals surface area contributed by atoms with E-state index in [2.05, 4.69) is 43.6 Å². The molecule has 2 nitrogen and oxygen atoms in total. The summed E-state index contributed by atoms with van der Waals surface area (Å²) >= 11 is 1.84. The van der Waals surface area contributed by atoms with Crippen LogP contribution in [0.4, 0.5) is 0 Å². The lowest BCUT2D eigenvalue weighted by molar-refractivity contribution is 0.0759. The van der Waals surface area contributed by atoms with Crippen LogP contribution in [-0.4, -0.2) is 19.3 Å². The van der Waals surface area contributed by atoms with Crippen molar-refractivity contribution in [3.63, 3.8) is 0 Å². The first-order valence-corrected chi connectivity index (χ1v) is 7.50. The summed E-state index contributed by atoms with van der Waals surface area (Å²) in [5.74, 6) is 0. The van der Waals surface area contributed by atoms with Gasteiger partial charge in [0, 0.05) is 17.5 Å². The molecule has 1 aromatic rings. The second-order valence-electron chi connectivity index (χ2n) is 4.56. The van der Waals surface area contributed by atoms with Gasteiger partial charge in [0.15, 0.2) is 0 Å². The molecule has 98 valence electrons. The fourth-order valence-corrected chi connectivity index (χ4v) is 2.64. The van der Waals surface area contributed by atoms with E-state index >= 15 is 0 Å². The second-order valence-corrected chi connectivity index (χ2v) is 5.54. The molecule has 0 saturated heterocycles. The smallest absolute Gasteiger partial charge is 0.0518 e. The largest absolute Gasteiger partial charge is 0.379 e. The Balaban J connectivity index is 2.08. The number of ether oxygens (including phenoxy) is 1. The Morgan fingerprint density at radius 1 is 1.35 bits per heavy atom. The monoisotopic (exact) mass is 255 g/mol. The number of thiophene rings is 1. The molecule has 1 atom stereocenters. The lowest BCUT2D eigenvalue weighted by Crippen LogP contribution is -2.21. The molecule has 0 aliphatic rings. The topological polar surface area (TPSA) is 21.3 Å². The average Bonchev–Trinajstić information content (AvgIpc) is 2.81. The summed E-state index contributed by atoms with van der Waals surface area (Å²) in [4.78, 5) is 1.45. The molecule has 0 aliphatic heterocycles. The van der Waals surface area contributed by atoms with E-state index in [-0.39, 0.29) is 0 Å². The van der Waals surface area contributed by atoms with Crippen molar-refractivity contribution in [2.75, 3.05) is 13.2 Å². The zero-order valence-electron chi connectivity index (χ0n) is 11.2. The third-order valence-corrected chi connectivity index (χ3v) is 3.69. The Kier molecular flexibility index (Phi) is 7.49. The van der Waals surface area contributed by atoms with Gasteiger partial charge in [-0.1, -0.05) is 13.0 Å². The minimum Gasteiger partial charge on any atom is -0.379 e. The van der Waals surface area contributed by atoms with Gasteiger partial charge in [-0.3, -0.25) is 0 Å². The van der Waals surface area contributed by atoms with Crippen molar-refractivity contribution >= 4 is 11.3 Å². The van der Waals surface area contributed by atoms with E-state index in [4.69, 9.17) is 4.74 Å². The van der Waals surface area contributed by atoms with Crippen LogP contribution in [0.3, 0.4) is 0 Å². The van der Waals surface area contributed by atoms with Crippen LogP contribution in [-0.2, 0) is 4.74 Å². The van der Waals surface area contributed by atoms with Gasteiger partial charge in [0.2, 0.25) is 0 Å². The highest BCUT2D eigenvalue weighted by molar-refractivity contribution is 7.10. The van der Waals surface area contributed by atoms with Crippen LogP contribution in [0, 0.1) is 0 Å². The summed E-state index contributed by atoms with van der Waals surface area (Å²) in [5, 5.41) is 5.76. The van der Waals surface area contributed by atoms with E-state index in [1.165, 1.54) is 11.3 Å². The fraction of sp³-hybridized carbons (Fsp3) is 0.714. The first kappa shape index (κ1) is 14.7. The van der Waals surface area contributed by atoms with Crippen LogP contribution in [0.1, 0.15) is 51.0 Å². The summed E-state index contributed by atoms with van der Waals surface area (Å²) < 4.78 is 5.52. The van der Waals surface area contributed by atoms with Gasteiger partial charge in [-0.05, 0) is 51.1 Å². The van der Waals surface area contributed by atoms with Crippen molar-refractivity contribution in [2.45, 2.75) is 52.2 Å². The molecule has 0 aliphatic carbocycles. The van der Waals surface area contributed by atoms with Crippen LogP contribution >= 0.6 is 11.3 Å². The number of hydrogen-bond donors (Lipinski definition) is 1. The van der Waals surface area contributed by atoms with Gasteiger partial charge in [0.1, 0.15) is 0 Å². The molecule has 0 spiro atoms. The lowest BCUT2D eigenvalue weighted by atomic mass is 10.2. The maximum absolute atomic E-state index is 5.52. The zero-order chi connectivity index (χ0) is 12.5. The minimum atomic E-state index is 0.359. The molecule has 0 saturated carbocycles. The summed E-state index contributed by atoms with van der Waals surface area (Å²) in [7, 11) is 0. The van der Waals surface area contributed by atoms with E-state index in [9.17, 15) is 0 Å². The Bertz CT molecular complexity index is 272. The van der Waals surface area contributed by atoms with Crippen LogP contribution in [0.15, 0.2) is 17.5 Å². The quantitative estimate of drug-likeness (QED) is 0.674. The van der Waals surface area contributed by atoms with E-state index in [0.717, 1.165) is 26.0 Å². The third-order valence-electron chi connectivity index (χ3n) is 2.71. The molecular weight excluding hydrogens is 230 g/mol. The van der Waals surface area contributed by atoms with Gasteiger partial charge in [-0.25, -0.2) is 0 Å². The number of unbranched alkanes of at least 4 members (excludes halogenated alkanes) is 1. The molecule has 0 aromatic carbocycles. The molecular formula is C14H25NOS. The average molecular weight is 255 g/mol. The Hall–Kier alpha value is -0.380. The molecule has 0 fully saturated rings. The fourth-order valence-electron chi connectivity index (χ4n) is 1.76. The van der Waals surface area contributed by atoms with Gasteiger partial charge in [0.25, 0.3) is 0 Å². The van der Waals surface area contributed by atoms with Gasteiger partial charge < -0.3 is 10.1 Å². The molecule has 17 heavy (non-hydrogen) atoms. The highest BCUT2D eigenvalue weighted by Crippen LogP contribution is 2.21. The predicted octanol–water partition coefficient (Wildman–Crippen LogP) is 3.99. The molecule has 1 heterocycles. The summed E-state index contributed by atoms with van der Waals surface area (Å²) in [5.41, 5.74) is 0. The van der Waals surface area contributed by atoms with Crippen molar-refractivity contribution in [1.82, 2.24) is 5.32 Å².